The van der Waals surface area contributed by atoms with Crippen molar-refractivity contribution >= 4 is 33.3 Å². The van der Waals surface area contributed by atoms with Gasteiger partial charge in [-0.25, -0.2) is 8.42 Å². The van der Waals surface area contributed by atoms with Crippen molar-refractivity contribution in [2.24, 2.45) is 4.99 Å². The van der Waals surface area contributed by atoms with Gasteiger partial charge in [-0.15, -0.1) is 0 Å². The van der Waals surface area contributed by atoms with Gasteiger partial charge in [0.2, 0.25) is 10.0 Å². The van der Waals surface area contributed by atoms with Crippen LogP contribution in [0.3, 0.4) is 0 Å². The predicted molar refractivity (Wildman–Crippen MR) is 119 cm³/mol. The Morgan fingerprint density at radius 3 is 2.13 bits per heavy atom. The largest absolute Gasteiger partial charge is 0.379 e. The number of nitrogens with one attached hydrogen (secondary N) is 1. The highest BCUT2D eigenvalue weighted by molar-refractivity contribution is 7.89. The number of sulfonamides is 1. The standard InChI is InChI=1S/C23H23N3O3S/c27-30(28,26-14-16-29-17-15-26)23-12-10-20(11-13-23)24-18-19-6-8-22(9-7-19)25-21-4-2-1-3-5-21/h1-13,18,25H,14-17H2. The van der Waals surface area contributed by atoms with Crippen LogP contribution in [0.1, 0.15) is 5.56 Å². The Labute approximate surface area is 176 Å². The maximum Gasteiger partial charge on any atom is 0.243 e. The van der Waals surface area contributed by atoms with Gasteiger partial charge in [-0.3, -0.25) is 4.99 Å². The van der Waals surface area contributed by atoms with Crippen LogP contribution in [0.15, 0.2) is 88.8 Å². The molecule has 1 aliphatic rings. The molecule has 0 aliphatic carbocycles. The Kier molecular flexibility index (Phi) is 6.23. The quantitative estimate of drug-likeness (QED) is 0.606. The number of para-hydroxylation sites is 1. The van der Waals surface area contributed by atoms with Gasteiger partial charge in [0, 0.05) is 30.7 Å². The van der Waals surface area contributed by atoms with Crippen molar-refractivity contribution in [3.05, 3.63) is 84.4 Å². The first-order chi connectivity index (χ1) is 14.6. The van der Waals surface area contributed by atoms with Crippen LogP contribution < -0.4 is 5.32 Å². The average molecular weight is 422 g/mol. The Bertz CT molecular complexity index is 1090. The molecule has 6 nitrogen and oxygen atoms in total. The summed E-state index contributed by atoms with van der Waals surface area (Å²) in [7, 11) is -3.48. The third-order valence-electron chi connectivity index (χ3n) is 4.78. The fourth-order valence-electron chi connectivity index (χ4n) is 3.13. The van der Waals surface area contributed by atoms with Gasteiger partial charge in [0.25, 0.3) is 0 Å². The minimum absolute atomic E-state index is 0.277. The number of morpholine rings is 1. The molecule has 0 radical (unpaired) electrons. The van der Waals surface area contributed by atoms with Gasteiger partial charge >= 0.3 is 0 Å². The molecule has 1 heterocycles. The molecule has 3 aromatic rings. The van der Waals surface area contributed by atoms with E-state index >= 15 is 0 Å². The summed E-state index contributed by atoms with van der Waals surface area (Å²) in [5, 5.41) is 3.34. The van der Waals surface area contributed by atoms with Crippen molar-refractivity contribution < 1.29 is 13.2 Å². The second kappa shape index (κ2) is 9.21. The van der Waals surface area contributed by atoms with E-state index in [9.17, 15) is 8.42 Å². The first-order valence-corrected chi connectivity index (χ1v) is 11.2. The normalized spacial score (nSPS) is 15.3. The predicted octanol–water partition coefficient (Wildman–Crippen LogP) is 4.20. The minimum atomic E-state index is -3.48. The second-order valence-electron chi connectivity index (χ2n) is 6.88. The van der Waals surface area contributed by atoms with Crippen molar-refractivity contribution in [1.82, 2.24) is 4.31 Å². The van der Waals surface area contributed by atoms with Crippen LogP contribution in [-0.2, 0) is 14.8 Å². The zero-order valence-electron chi connectivity index (χ0n) is 16.4. The molecule has 1 fully saturated rings. The molecule has 0 unspecified atom stereocenters. The van der Waals surface area contributed by atoms with Gasteiger partial charge in [-0.2, -0.15) is 4.31 Å². The smallest absolute Gasteiger partial charge is 0.243 e. The summed E-state index contributed by atoms with van der Waals surface area (Å²) in [4.78, 5) is 4.73. The molecule has 0 bridgehead atoms. The molecule has 1 N–H and O–H groups in total. The van der Waals surface area contributed by atoms with Crippen molar-refractivity contribution in [3.63, 3.8) is 0 Å². The van der Waals surface area contributed by atoms with Crippen LogP contribution in [0.4, 0.5) is 17.1 Å². The van der Waals surface area contributed by atoms with E-state index in [1.165, 1.54) is 4.31 Å². The molecule has 0 atom stereocenters. The molecule has 0 spiro atoms. The molecule has 0 amide bonds. The first kappa shape index (κ1) is 20.3. The second-order valence-corrected chi connectivity index (χ2v) is 8.82. The molecule has 3 aromatic carbocycles. The minimum Gasteiger partial charge on any atom is -0.379 e. The van der Waals surface area contributed by atoms with Crippen LogP contribution in [-0.4, -0.2) is 45.2 Å². The van der Waals surface area contributed by atoms with Crippen molar-refractivity contribution in [1.29, 1.82) is 0 Å². The maximum atomic E-state index is 12.7. The molecule has 4 rings (SSSR count). The number of benzene rings is 3. The number of ether oxygens (including phenoxy) is 1. The summed E-state index contributed by atoms with van der Waals surface area (Å²) in [5.41, 5.74) is 3.68. The average Bonchev–Trinajstić information content (AvgIpc) is 2.80. The Balaban J connectivity index is 1.40. The number of anilines is 2. The Morgan fingerprint density at radius 2 is 1.47 bits per heavy atom. The van der Waals surface area contributed by atoms with E-state index < -0.39 is 10.0 Å². The SMILES string of the molecule is O=S(=O)(c1ccc(N=Cc2ccc(Nc3ccccc3)cc2)cc1)N1CCOCC1. The molecular formula is C23H23N3O3S. The highest BCUT2D eigenvalue weighted by atomic mass is 32.2. The van der Waals surface area contributed by atoms with Gasteiger partial charge in [0.05, 0.1) is 23.8 Å². The highest BCUT2D eigenvalue weighted by Gasteiger charge is 2.25. The number of nitrogens with zero attached hydrogens (tertiary/aromatic N) is 2. The van der Waals surface area contributed by atoms with Crippen molar-refractivity contribution in [2.75, 3.05) is 31.6 Å². The van der Waals surface area contributed by atoms with Gasteiger partial charge in [-0.1, -0.05) is 30.3 Å². The summed E-state index contributed by atoms with van der Waals surface area (Å²) in [6.45, 7) is 1.64. The Morgan fingerprint density at radius 1 is 0.833 bits per heavy atom. The fourth-order valence-corrected chi connectivity index (χ4v) is 4.54. The first-order valence-electron chi connectivity index (χ1n) is 9.75. The molecule has 0 saturated carbocycles. The molecule has 1 aliphatic heterocycles. The van der Waals surface area contributed by atoms with Crippen LogP contribution in [0.25, 0.3) is 0 Å². The third-order valence-corrected chi connectivity index (χ3v) is 6.69. The summed E-state index contributed by atoms with van der Waals surface area (Å²) < 4.78 is 32.0. The van der Waals surface area contributed by atoms with Gasteiger partial charge < -0.3 is 10.1 Å². The lowest BCUT2D eigenvalue weighted by Gasteiger charge is -2.26. The van der Waals surface area contributed by atoms with Gasteiger partial charge in [0.15, 0.2) is 0 Å². The zero-order chi connectivity index (χ0) is 20.8. The number of aliphatic imine (C=N–C) groups is 1. The van der Waals surface area contributed by atoms with E-state index in [2.05, 4.69) is 10.3 Å². The van der Waals surface area contributed by atoms with Crippen molar-refractivity contribution in [2.45, 2.75) is 4.90 Å². The maximum absolute atomic E-state index is 12.7. The summed E-state index contributed by atoms with van der Waals surface area (Å²) >= 11 is 0. The zero-order valence-corrected chi connectivity index (χ0v) is 17.3. The van der Waals surface area contributed by atoms with Crippen LogP contribution in [0, 0.1) is 0 Å². The monoisotopic (exact) mass is 421 g/mol. The molecule has 7 heteroatoms. The van der Waals surface area contributed by atoms with E-state index in [4.69, 9.17) is 4.74 Å². The summed E-state index contributed by atoms with van der Waals surface area (Å²) in [5.74, 6) is 0. The van der Waals surface area contributed by atoms with Crippen LogP contribution in [0.2, 0.25) is 0 Å². The van der Waals surface area contributed by atoms with E-state index in [0.29, 0.717) is 32.0 Å². The van der Waals surface area contributed by atoms with Crippen LogP contribution in [0.5, 0.6) is 0 Å². The van der Waals surface area contributed by atoms with Gasteiger partial charge in [-0.05, 0) is 54.1 Å². The molecule has 0 aromatic heterocycles. The number of rotatable bonds is 6. The van der Waals surface area contributed by atoms with Crippen molar-refractivity contribution in [3.8, 4) is 0 Å². The topological polar surface area (TPSA) is 71.0 Å². The summed E-state index contributed by atoms with van der Waals surface area (Å²) in [6, 6.07) is 24.6. The highest BCUT2D eigenvalue weighted by Crippen LogP contribution is 2.21. The summed E-state index contributed by atoms with van der Waals surface area (Å²) in [6.07, 6.45) is 1.76. The lowest BCUT2D eigenvalue weighted by molar-refractivity contribution is 0.0730. The number of hydrogen-bond acceptors (Lipinski definition) is 5. The molecule has 1 saturated heterocycles. The van der Waals surface area contributed by atoms with E-state index in [1.807, 2.05) is 54.6 Å². The van der Waals surface area contributed by atoms with Crippen LogP contribution >= 0.6 is 0 Å². The number of hydrogen-bond donors (Lipinski definition) is 1. The molecular weight excluding hydrogens is 398 g/mol. The van der Waals surface area contributed by atoms with E-state index in [-0.39, 0.29) is 4.90 Å². The van der Waals surface area contributed by atoms with Gasteiger partial charge in [0.1, 0.15) is 0 Å². The van der Waals surface area contributed by atoms with E-state index in [1.54, 1.807) is 30.5 Å². The molecule has 154 valence electrons. The third kappa shape index (κ3) is 4.94. The van der Waals surface area contributed by atoms with E-state index in [0.717, 1.165) is 16.9 Å². The molecule has 30 heavy (non-hydrogen) atoms. The lowest BCUT2D eigenvalue weighted by atomic mass is 10.2. The fraction of sp³-hybridized carbons (Fsp3) is 0.174. The lowest BCUT2D eigenvalue weighted by Crippen LogP contribution is -2.40. The Hall–Kier alpha value is -3.00.